The first kappa shape index (κ1) is 17.5. The summed E-state index contributed by atoms with van der Waals surface area (Å²) in [5.74, 6) is 1.27. The van der Waals surface area contributed by atoms with Crippen LogP contribution in [0.2, 0.25) is 0 Å². The summed E-state index contributed by atoms with van der Waals surface area (Å²) in [6, 6.07) is 6.51. The smallest absolute Gasteiger partial charge is 0.191 e. The van der Waals surface area contributed by atoms with Crippen LogP contribution in [0.25, 0.3) is 0 Å². The molecule has 4 nitrogen and oxygen atoms in total. The highest BCUT2D eigenvalue weighted by Gasteiger charge is 2.06. The normalized spacial score (nSPS) is 11.8. The quantitative estimate of drug-likeness (QED) is 0.648. The highest BCUT2D eigenvalue weighted by atomic mass is 32.1. The molecule has 1 aromatic carbocycles. The molecule has 1 heterocycles. The maximum absolute atomic E-state index is 4.63. The second-order valence-corrected chi connectivity index (χ2v) is 6.97. The fourth-order valence-corrected chi connectivity index (χ4v) is 3.17. The number of nitrogens with zero attached hydrogens (tertiary/aromatic N) is 2. The highest BCUT2D eigenvalue weighted by Crippen LogP contribution is 2.17. The highest BCUT2D eigenvalue weighted by molar-refractivity contribution is 7.09. The van der Waals surface area contributed by atoms with E-state index in [-0.39, 0.29) is 0 Å². The van der Waals surface area contributed by atoms with Crippen molar-refractivity contribution in [3.63, 3.8) is 0 Å². The molecule has 0 fully saturated rings. The number of aromatic nitrogens is 1. The van der Waals surface area contributed by atoms with Gasteiger partial charge in [0.25, 0.3) is 0 Å². The second-order valence-electron chi connectivity index (χ2n) is 6.03. The van der Waals surface area contributed by atoms with Crippen molar-refractivity contribution in [2.24, 2.45) is 4.99 Å². The molecule has 0 radical (unpaired) electrons. The molecular weight excluding hydrogens is 304 g/mol. The number of hydrogen-bond donors (Lipinski definition) is 2. The minimum Gasteiger partial charge on any atom is -0.352 e. The zero-order valence-corrected chi connectivity index (χ0v) is 15.4. The summed E-state index contributed by atoms with van der Waals surface area (Å²) in [7, 11) is 1.79. The van der Waals surface area contributed by atoms with Crippen molar-refractivity contribution in [1.29, 1.82) is 0 Å². The molecule has 124 valence electrons. The van der Waals surface area contributed by atoms with Crippen molar-refractivity contribution >= 4 is 17.3 Å². The Morgan fingerprint density at radius 3 is 2.57 bits per heavy atom. The van der Waals surface area contributed by atoms with Crippen molar-refractivity contribution in [1.82, 2.24) is 15.6 Å². The van der Waals surface area contributed by atoms with Gasteiger partial charge in [-0.2, -0.15) is 0 Å². The van der Waals surface area contributed by atoms with E-state index in [9.17, 15) is 0 Å². The lowest BCUT2D eigenvalue weighted by Gasteiger charge is -2.12. The molecule has 0 spiro atoms. The van der Waals surface area contributed by atoms with Gasteiger partial charge in [0.2, 0.25) is 0 Å². The molecule has 2 aromatic rings. The Morgan fingerprint density at radius 1 is 1.22 bits per heavy atom. The topological polar surface area (TPSA) is 49.3 Å². The number of aliphatic imine (C=N–C) groups is 1. The average molecular weight is 331 g/mol. The van der Waals surface area contributed by atoms with Crippen LogP contribution in [0.15, 0.2) is 28.6 Å². The molecule has 0 atom stereocenters. The van der Waals surface area contributed by atoms with E-state index in [1.54, 1.807) is 18.4 Å². The van der Waals surface area contributed by atoms with Gasteiger partial charge >= 0.3 is 0 Å². The van der Waals surface area contributed by atoms with E-state index in [4.69, 9.17) is 0 Å². The SMILES string of the molecule is CN=C(NCc1nc(C(C)C)cs1)NCc1ccc(C)cc1C. The Morgan fingerprint density at radius 2 is 1.96 bits per heavy atom. The van der Waals surface area contributed by atoms with Crippen molar-refractivity contribution in [2.75, 3.05) is 7.05 Å². The van der Waals surface area contributed by atoms with Crippen LogP contribution >= 0.6 is 11.3 Å². The first-order valence-electron chi connectivity index (χ1n) is 7.94. The molecule has 23 heavy (non-hydrogen) atoms. The lowest BCUT2D eigenvalue weighted by Crippen LogP contribution is -2.36. The van der Waals surface area contributed by atoms with E-state index in [0.717, 1.165) is 23.2 Å². The van der Waals surface area contributed by atoms with Gasteiger partial charge in [0, 0.05) is 19.0 Å². The van der Waals surface area contributed by atoms with E-state index in [1.165, 1.54) is 16.7 Å². The molecule has 0 saturated heterocycles. The van der Waals surface area contributed by atoms with Gasteiger partial charge in [0.15, 0.2) is 5.96 Å². The molecule has 0 saturated carbocycles. The zero-order chi connectivity index (χ0) is 16.8. The van der Waals surface area contributed by atoms with Crippen LogP contribution in [0.5, 0.6) is 0 Å². The minimum atomic E-state index is 0.474. The minimum absolute atomic E-state index is 0.474. The molecule has 5 heteroatoms. The Balaban J connectivity index is 1.88. The van der Waals surface area contributed by atoms with E-state index < -0.39 is 0 Å². The third kappa shape index (κ3) is 5.06. The Labute approximate surface area is 143 Å². The van der Waals surface area contributed by atoms with E-state index in [0.29, 0.717) is 12.5 Å². The predicted octanol–water partition coefficient (Wildman–Crippen LogP) is 3.75. The Kier molecular flexibility index (Phi) is 6.16. The number of guanidine groups is 1. The first-order valence-corrected chi connectivity index (χ1v) is 8.82. The summed E-state index contributed by atoms with van der Waals surface area (Å²) in [6.45, 7) is 10.0. The Hall–Kier alpha value is -1.88. The standard InChI is InChI=1S/C18H26N4S/c1-12(2)16-11-23-17(22-16)10-21-18(19-5)20-9-15-7-6-13(3)8-14(15)4/h6-8,11-12H,9-10H2,1-5H3,(H2,19,20,21). The molecule has 0 aliphatic rings. The van der Waals surface area contributed by atoms with Gasteiger partial charge in [-0.1, -0.05) is 37.6 Å². The summed E-state index contributed by atoms with van der Waals surface area (Å²) in [6.07, 6.45) is 0. The van der Waals surface area contributed by atoms with Crippen LogP contribution in [0.4, 0.5) is 0 Å². The van der Waals surface area contributed by atoms with Crippen LogP contribution in [-0.4, -0.2) is 18.0 Å². The van der Waals surface area contributed by atoms with Crippen LogP contribution in [0.1, 0.15) is 47.2 Å². The van der Waals surface area contributed by atoms with Gasteiger partial charge in [-0.3, -0.25) is 4.99 Å². The maximum atomic E-state index is 4.63. The van der Waals surface area contributed by atoms with Gasteiger partial charge in [-0.05, 0) is 30.9 Å². The zero-order valence-electron chi connectivity index (χ0n) is 14.6. The Bertz CT molecular complexity index is 673. The third-order valence-electron chi connectivity index (χ3n) is 3.74. The summed E-state index contributed by atoms with van der Waals surface area (Å²) < 4.78 is 0. The number of nitrogens with one attached hydrogen (secondary N) is 2. The van der Waals surface area contributed by atoms with Crippen molar-refractivity contribution < 1.29 is 0 Å². The largest absolute Gasteiger partial charge is 0.352 e. The molecule has 0 aliphatic carbocycles. The number of aryl methyl sites for hydroxylation is 2. The number of benzene rings is 1. The number of thiazole rings is 1. The summed E-state index contributed by atoms with van der Waals surface area (Å²) in [5, 5.41) is 9.91. The molecule has 0 aliphatic heterocycles. The average Bonchev–Trinajstić information content (AvgIpc) is 2.98. The molecule has 0 unspecified atom stereocenters. The van der Waals surface area contributed by atoms with Crippen LogP contribution < -0.4 is 10.6 Å². The second kappa shape index (κ2) is 8.11. The molecule has 2 N–H and O–H groups in total. The number of rotatable bonds is 5. The van der Waals surface area contributed by atoms with E-state index in [2.05, 4.69) is 71.9 Å². The lowest BCUT2D eigenvalue weighted by atomic mass is 10.1. The van der Waals surface area contributed by atoms with E-state index >= 15 is 0 Å². The van der Waals surface area contributed by atoms with Gasteiger partial charge < -0.3 is 10.6 Å². The predicted molar refractivity (Wildman–Crippen MR) is 99.2 cm³/mol. The van der Waals surface area contributed by atoms with Gasteiger partial charge in [-0.25, -0.2) is 4.98 Å². The van der Waals surface area contributed by atoms with Gasteiger partial charge in [0.05, 0.1) is 12.2 Å². The lowest BCUT2D eigenvalue weighted by molar-refractivity contribution is 0.783. The first-order chi connectivity index (χ1) is 11.0. The molecular formula is C18H26N4S. The molecule has 2 rings (SSSR count). The van der Waals surface area contributed by atoms with Crippen LogP contribution in [0, 0.1) is 13.8 Å². The summed E-state index contributed by atoms with van der Waals surface area (Å²) >= 11 is 1.69. The third-order valence-corrected chi connectivity index (χ3v) is 4.60. The molecule has 1 aromatic heterocycles. The van der Waals surface area contributed by atoms with Crippen molar-refractivity contribution in [3.05, 3.63) is 51.0 Å². The summed E-state index contributed by atoms with van der Waals surface area (Å²) in [4.78, 5) is 8.91. The van der Waals surface area contributed by atoms with Crippen LogP contribution in [0.3, 0.4) is 0 Å². The van der Waals surface area contributed by atoms with Gasteiger partial charge in [-0.15, -0.1) is 11.3 Å². The monoisotopic (exact) mass is 330 g/mol. The summed E-state index contributed by atoms with van der Waals surface area (Å²) in [5.41, 5.74) is 5.04. The van der Waals surface area contributed by atoms with Crippen LogP contribution in [-0.2, 0) is 13.1 Å². The number of hydrogen-bond acceptors (Lipinski definition) is 3. The van der Waals surface area contributed by atoms with Crippen molar-refractivity contribution in [2.45, 2.75) is 46.7 Å². The molecule has 0 bridgehead atoms. The fraction of sp³-hybridized carbons (Fsp3) is 0.444. The maximum Gasteiger partial charge on any atom is 0.191 e. The van der Waals surface area contributed by atoms with Gasteiger partial charge in [0.1, 0.15) is 5.01 Å². The molecule has 0 amide bonds. The van der Waals surface area contributed by atoms with E-state index in [1.807, 2.05) is 0 Å². The van der Waals surface area contributed by atoms with Crippen molar-refractivity contribution in [3.8, 4) is 0 Å². The fourth-order valence-electron chi connectivity index (χ4n) is 2.27.